The molecule has 1 aromatic carbocycles. The highest BCUT2D eigenvalue weighted by molar-refractivity contribution is 7.98. The number of nitrogens with one attached hydrogen (secondary N) is 2. The van der Waals surface area contributed by atoms with E-state index < -0.39 is 0 Å². The second-order valence-electron chi connectivity index (χ2n) is 7.57. The van der Waals surface area contributed by atoms with Crippen LogP contribution in [0.15, 0.2) is 34.1 Å². The van der Waals surface area contributed by atoms with Gasteiger partial charge in [0.05, 0.1) is 4.90 Å². The Morgan fingerprint density at radius 1 is 1.11 bits per heavy atom. The van der Waals surface area contributed by atoms with Crippen LogP contribution in [0.2, 0.25) is 0 Å². The number of aryl methyl sites for hydroxylation is 2. The summed E-state index contributed by atoms with van der Waals surface area (Å²) in [4.78, 5) is 25.5. The molecule has 2 amide bonds. The zero-order valence-corrected chi connectivity index (χ0v) is 16.6. The van der Waals surface area contributed by atoms with Crippen LogP contribution in [-0.4, -0.2) is 10.6 Å². The minimum Gasteiger partial charge on any atom is -0.312 e. The van der Waals surface area contributed by atoms with Gasteiger partial charge in [0, 0.05) is 17.9 Å². The number of benzene rings is 1. The maximum Gasteiger partial charge on any atom is 0.329 e. The fraction of sp³-hybridized carbons (Fsp3) is 0.429. The average molecular weight is 384 g/mol. The summed E-state index contributed by atoms with van der Waals surface area (Å²) >= 11 is 1.08. The molecule has 4 rings (SSSR count). The lowest BCUT2D eigenvalue weighted by Gasteiger charge is -2.16. The molecule has 0 aliphatic heterocycles. The number of carbonyl (C=O) groups is 1. The Balaban J connectivity index is 1.50. The number of rotatable bonds is 4. The van der Waals surface area contributed by atoms with Gasteiger partial charge in [-0.25, -0.2) is 4.79 Å². The molecule has 2 aliphatic carbocycles. The fourth-order valence-electron chi connectivity index (χ4n) is 4.18. The molecule has 1 aromatic heterocycles. The van der Waals surface area contributed by atoms with E-state index in [9.17, 15) is 9.59 Å². The van der Waals surface area contributed by atoms with Crippen LogP contribution < -0.4 is 15.6 Å². The Morgan fingerprint density at radius 2 is 1.78 bits per heavy atom. The number of hydrogen-bond donors (Lipinski definition) is 2. The number of anilines is 1. The molecule has 142 valence electrons. The van der Waals surface area contributed by atoms with E-state index in [-0.39, 0.29) is 17.6 Å². The number of hydrogen-bond acceptors (Lipinski definition) is 3. The molecule has 2 aromatic rings. The lowest BCUT2D eigenvalue weighted by Crippen LogP contribution is -2.27. The van der Waals surface area contributed by atoms with Gasteiger partial charge >= 0.3 is 6.03 Å². The van der Waals surface area contributed by atoms with Crippen LogP contribution in [0.25, 0.3) is 0 Å². The minimum atomic E-state index is -0.270. The van der Waals surface area contributed by atoms with Gasteiger partial charge in [-0.15, -0.1) is 0 Å². The van der Waals surface area contributed by atoms with E-state index in [0.29, 0.717) is 4.90 Å². The highest BCUT2D eigenvalue weighted by Gasteiger charge is 2.25. The van der Waals surface area contributed by atoms with Crippen molar-refractivity contribution in [2.75, 3.05) is 5.32 Å². The normalized spacial score (nSPS) is 14.9. The third-order valence-corrected chi connectivity index (χ3v) is 6.28. The number of nitrogens with zero attached hydrogens (tertiary/aromatic N) is 1. The summed E-state index contributed by atoms with van der Waals surface area (Å²) in [5.41, 5.74) is 6.32. The number of urea groups is 1. The number of pyridine rings is 1. The van der Waals surface area contributed by atoms with Crippen molar-refractivity contribution >= 4 is 23.7 Å². The monoisotopic (exact) mass is 383 g/mol. The SMILES string of the molecule is CC(C)n1cccc(SNC(=O)Nc2c3c(cc4c2CCC4)CCC3)c1=O. The van der Waals surface area contributed by atoms with Crippen LogP contribution in [0.1, 0.15) is 55.0 Å². The summed E-state index contributed by atoms with van der Waals surface area (Å²) in [6.45, 7) is 3.93. The summed E-state index contributed by atoms with van der Waals surface area (Å²) in [5.74, 6) is 0. The first kappa shape index (κ1) is 18.2. The molecule has 0 radical (unpaired) electrons. The second-order valence-corrected chi connectivity index (χ2v) is 8.42. The molecule has 0 atom stereocenters. The molecule has 1 heterocycles. The van der Waals surface area contributed by atoms with Crippen molar-refractivity contribution in [2.24, 2.45) is 0 Å². The quantitative estimate of drug-likeness (QED) is 0.777. The highest BCUT2D eigenvalue weighted by atomic mass is 32.2. The third kappa shape index (κ3) is 3.50. The summed E-state index contributed by atoms with van der Waals surface area (Å²) < 4.78 is 4.46. The Hall–Kier alpha value is -2.21. The Labute approximate surface area is 163 Å². The van der Waals surface area contributed by atoms with Gasteiger partial charge in [-0.1, -0.05) is 6.07 Å². The summed E-state index contributed by atoms with van der Waals surface area (Å²) in [7, 11) is 0. The van der Waals surface area contributed by atoms with E-state index in [2.05, 4.69) is 16.1 Å². The van der Waals surface area contributed by atoms with Gasteiger partial charge in [0.1, 0.15) is 0 Å². The van der Waals surface area contributed by atoms with Crippen LogP contribution in [0.5, 0.6) is 0 Å². The zero-order chi connectivity index (χ0) is 19.0. The lowest BCUT2D eigenvalue weighted by atomic mass is 9.99. The molecule has 0 spiro atoms. The van der Waals surface area contributed by atoms with E-state index in [1.54, 1.807) is 16.8 Å². The molecule has 0 unspecified atom stereocenters. The van der Waals surface area contributed by atoms with Crippen LogP contribution in [0.4, 0.5) is 10.5 Å². The van der Waals surface area contributed by atoms with E-state index in [1.807, 2.05) is 19.9 Å². The van der Waals surface area contributed by atoms with Crippen molar-refractivity contribution in [3.8, 4) is 0 Å². The molecule has 0 saturated carbocycles. The number of amides is 2. The summed E-state index contributed by atoms with van der Waals surface area (Å²) in [6.07, 6.45) is 8.35. The highest BCUT2D eigenvalue weighted by Crippen LogP contribution is 2.38. The Kier molecular flexibility index (Phi) is 5.00. The smallest absolute Gasteiger partial charge is 0.312 e. The second kappa shape index (κ2) is 7.43. The van der Waals surface area contributed by atoms with Gasteiger partial charge in [-0.3, -0.25) is 9.52 Å². The molecule has 2 N–H and O–H groups in total. The molecule has 0 fully saturated rings. The van der Waals surface area contributed by atoms with Gasteiger partial charge in [0.2, 0.25) is 0 Å². The molecular formula is C21H25N3O2S. The summed E-state index contributed by atoms with van der Waals surface area (Å²) in [5, 5.41) is 3.09. The third-order valence-electron chi connectivity index (χ3n) is 5.46. The van der Waals surface area contributed by atoms with Crippen molar-refractivity contribution in [2.45, 2.75) is 63.3 Å². The number of fused-ring (bicyclic) bond motifs is 2. The van der Waals surface area contributed by atoms with Gasteiger partial charge in [-0.2, -0.15) is 0 Å². The molecule has 5 nitrogen and oxygen atoms in total. The van der Waals surface area contributed by atoms with Crippen LogP contribution in [-0.2, 0) is 25.7 Å². The molecule has 0 saturated heterocycles. The fourth-order valence-corrected chi connectivity index (χ4v) is 4.77. The van der Waals surface area contributed by atoms with Crippen molar-refractivity contribution in [3.63, 3.8) is 0 Å². The van der Waals surface area contributed by atoms with E-state index in [1.165, 1.54) is 22.3 Å². The molecule has 0 bridgehead atoms. The van der Waals surface area contributed by atoms with Gasteiger partial charge in [0.25, 0.3) is 5.56 Å². The molecule has 27 heavy (non-hydrogen) atoms. The summed E-state index contributed by atoms with van der Waals surface area (Å²) in [6, 6.07) is 5.74. The van der Waals surface area contributed by atoms with E-state index >= 15 is 0 Å². The largest absolute Gasteiger partial charge is 0.329 e. The van der Waals surface area contributed by atoms with Crippen molar-refractivity contribution in [1.29, 1.82) is 0 Å². The first-order chi connectivity index (χ1) is 13.0. The first-order valence-corrected chi connectivity index (χ1v) is 10.5. The van der Waals surface area contributed by atoms with Crippen LogP contribution in [0, 0.1) is 0 Å². The maximum absolute atomic E-state index is 12.6. The average Bonchev–Trinajstić information content (AvgIpc) is 3.29. The first-order valence-electron chi connectivity index (χ1n) is 9.66. The molecule has 6 heteroatoms. The standard InChI is InChI=1S/C21H25N3O2S/c1-13(2)24-11-5-10-18(20(24)25)27-23-21(26)22-19-16-8-3-6-14(16)12-15-7-4-9-17(15)19/h5,10-13H,3-4,6-9H2,1-2H3,(H2,22,23,26). The van der Waals surface area contributed by atoms with Crippen molar-refractivity contribution in [1.82, 2.24) is 9.29 Å². The number of aromatic nitrogens is 1. The lowest BCUT2D eigenvalue weighted by molar-refractivity contribution is 0.257. The predicted molar refractivity (Wildman–Crippen MR) is 110 cm³/mol. The van der Waals surface area contributed by atoms with Gasteiger partial charge in [-0.05, 0) is 98.7 Å². The van der Waals surface area contributed by atoms with Crippen molar-refractivity contribution < 1.29 is 4.79 Å². The van der Waals surface area contributed by atoms with Gasteiger partial charge in [0.15, 0.2) is 0 Å². The maximum atomic E-state index is 12.6. The van der Waals surface area contributed by atoms with E-state index in [0.717, 1.165) is 56.2 Å². The van der Waals surface area contributed by atoms with Gasteiger partial charge < -0.3 is 9.88 Å². The molecule has 2 aliphatic rings. The minimum absolute atomic E-state index is 0.0840. The van der Waals surface area contributed by atoms with Crippen molar-refractivity contribution in [3.05, 3.63) is 57.0 Å². The Bertz CT molecular complexity index is 917. The van der Waals surface area contributed by atoms with E-state index in [4.69, 9.17) is 0 Å². The number of carbonyl (C=O) groups excluding carboxylic acids is 1. The van der Waals surface area contributed by atoms with Crippen LogP contribution >= 0.6 is 11.9 Å². The topological polar surface area (TPSA) is 63.1 Å². The molecular weight excluding hydrogens is 358 g/mol. The Morgan fingerprint density at radius 3 is 2.41 bits per heavy atom. The predicted octanol–water partition coefficient (Wildman–Crippen LogP) is 4.24. The van der Waals surface area contributed by atoms with Crippen LogP contribution in [0.3, 0.4) is 0 Å². The zero-order valence-electron chi connectivity index (χ0n) is 15.8.